The Balaban J connectivity index is 5.97. The number of aliphatic carboxylic acids is 4. The third-order valence-corrected chi connectivity index (χ3v) is 3.29. The Morgan fingerprint density at radius 3 is 1.86 bits per heavy atom. The average molecular weight is 321 g/mol. The molecule has 0 aliphatic heterocycles. The lowest BCUT2D eigenvalue weighted by Gasteiger charge is -2.41. The molecule has 0 amide bonds. The first-order valence-electron chi connectivity index (χ1n) is 6.39. The topological polar surface area (TPSA) is 173 Å². The summed E-state index contributed by atoms with van der Waals surface area (Å²) >= 11 is 0. The molecule has 0 fully saturated rings. The second kappa shape index (κ2) is 8.29. The molecule has 0 spiro atoms. The van der Waals surface area contributed by atoms with Crippen LogP contribution < -0.4 is 0 Å². The summed E-state index contributed by atoms with van der Waals surface area (Å²) < 4.78 is 0. The summed E-state index contributed by atoms with van der Waals surface area (Å²) in [6, 6.07) is -1.73. The van der Waals surface area contributed by atoms with Crippen molar-refractivity contribution in [2.24, 2.45) is 0 Å². The third kappa shape index (κ3) is 4.67. The summed E-state index contributed by atoms with van der Waals surface area (Å²) in [5.74, 6) is -6.20. The largest absolute Gasteiger partial charge is 0.481 e. The summed E-state index contributed by atoms with van der Waals surface area (Å²) in [7, 11) is 0. The van der Waals surface area contributed by atoms with Crippen molar-refractivity contribution in [2.75, 3.05) is 13.2 Å². The fraction of sp³-hybridized carbons (Fsp3) is 0.667. The Morgan fingerprint density at radius 2 is 1.59 bits per heavy atom. The number of rotatable bonds is 11. The fourth-order valence-electron chi connectivity index (χ4n) is 2.39. The molecule has 0 rings (SSSR count). The zero-order valence-electron chi connectivity index (χ0n) is 11.9. The number of hydrogen-bond donors (Lipinski definition) is 5. The molecule has 0 aliphatic rings. The van der Waals surface area contributed by atoms with Crippen LogP contribution in [0.15, 0.2) is 0 Å². The zero-order valence-corrected chi connectivity index (χ0v) is 11.9. The van der Waals surface area contributed by atoms with Crippen LogP contribution in [0.25, 0.3) is 0 Å². The molecule has 2 atom stereocenters. The molecule has 0 saturated heterocycles. The highest BCUT2D eigenvalue weighted by Crippen LogP contribution is 2.28. The summed E-state index contributed by atoms with van der Waals surface area (Å²) in [6.07, 6.45) is -2.42. The van der Waals surface area contributed by atoms with Crippen LogP contribution in [0.4, 0.5) is 0 Å². The molecule has 0 bridgehead atoms. The minimum Gasteiger partial charge on any atom is -0.481 e. The van der Waals surface area contributed by atoms with Gasteiger partial charge >= 0.3 is 23.9 Å². The first kappa shape index (κ1) is 19.8. The first-order chi connectivity index (χ1) is 10.1. The van der Waals surface area contributed by atoms with E-state index in [4.69, 9.17) is 20.4 Å². The summed E-state index contributed by atoms with van der Waals surface area (Å²) in [5.41, 5.74) is -2.21. The van der Waals surface area contributed by atoms with Crippen molar-refractivity contribution in [1.82, 2.24) is 4.90 Å². The van der Waals surface area contributed by atoms with Gasteiger partial charge in [0.1, 0.15) is 11.6 Å². The first-order valence-corrected chi connectivity index (χ1v) is 6.39. The predicted octanol–water partition coefficient (Wildman–Crippen LogP) is -1.08. The van der Waals surface area contributed by atoms with Crippen LogP contribution in [-0.2, 0) is 19.2 Å². The Labute approximate surface area is 125 Å². The lowest BCUT2D eigenvalue weighted by molar-refractivity contribution is -0.168. The fourth-order valence-corrected chi connectivity index (χ4v) is 2.39. The smallest absolute Gasteiger partial charge is 0.324 e. The van der Waals surface area contributed by atoms with Crippen LogP contribution in [0.5, 0.6) is 0 Å². The van der Waals surface area contributed by atoms with Gasteiger partial charge in [-0.15, -0.1) is 0 Å². The van der Waals surface area contributed by atoms with Crippen molar-refractivity contribution in [3.8, 4) is 0 Å². The minimum absolute atomic E-state index is 0.218. The molecule has 5 N–H and O–H groups in total. The van der Waals surface area contributed by atoms with Gasteiger partial charge in [0.05, 0.1) is 12.8 Å². The molecule has 10 heteroatoms. The van der Waals surface area contributed by atoms with E-state index in [9.17, 15) is 24.3 Å². The van der Waals surface area contributed by atoms with Gasteiger partial charge in [-0.25, -0.2) is 0 Å². The van der Waals surface area contributed by atoms with E-state index in [0.717, 1.165) is 4.90 Å². The maximum Gasteiger partial charge on any atom is 0.324 e. The number of carbonyl (C=O) groups is 4. The SMILES string of the molecule is CCN(C(CC(=O)O)C(=O)O)C(CCO)(CC(=O)O)C(=O)O. The quantitative estimate of drug-likeness (QED) is 0.315. The molecular weight excluding hydrogens is 302 g/mol. The lowest BCUT2D eigenvalue weighted by Crippen LogP contribution is -2.62. The standard InChI is InChI=1S/C12H19NO9/c1-2-13(7(10(19)20)5-8(15)16)12(3-4-14,11(21)22)6-9(17)18/h7,14H,2-6H2,1H3,(H,15,16)(H,17,18)(H,19,20)(H,21,22). The lowest BCUT2D eigenvalue weighted by atomic mass is 9.87. The van der Waals surface area contributed by atoms with Gasteiger partial charge in [-0.05, 0) is 6.54 Å². The second-order valence-electron chi connectivity index (χ2n) is 4.62. The number of likely N-dealkylation sites (N-methyl/N-ethyl adjacent to an activating group) is 1. The van der Waals surface area contributed by atoms with Gasteiger partial charge in [-0.2, -0.15) is 0 Å². The van der Waals surface area contributed by atoms with Crippen molar-refractivity contribution in [1.29, 1.82) is 0 Å². The molecule has 0 aromatic carbocycles. The van der Waals surface area contributed by atoms with Gasteiger partial charge in [0.25, 0.3) is 0 Å². The molecule has 126 valence electrons. The van der Waals surface area contributed by atoms with E-state index in [2.05, 4.69) is 0 Å². The van der Waals surface area contributed by atoms with E-state index in [1.165, 1.54) is 6.92 Å². The molecule has 10 nitrogen and oxygen atoms in total. The van der Waals surface area contributed by atoms with Crippen molar-refractivity contribution in [3.05, 3.63) is 0 Å². The average Bonchev–Trinajstić information content (AvgIpc) is 2.36. The Kier molecular flexibility index (Phi) is 7.46. The van der Waals surface area contributed by atoms with Crippen LogP contribution in [0.1, 0.15) is 26.2 Å². The number of carboxylic acids is 4. The van der Waals surface area contributed by atoms with Crippen molar-refractivity contribution >= 4 is 23.9 Å². The second-order valence-corrected chi connectivity index (χ2v) is 4.62. The molecule has 2 unspecified atom stereocenters. The Hall–Kier alpha value is -2.20. The maximum absolute atomic E-state index is 11.6. The number of nitrogens with zero attached hydrogens (tertiary/aromatic N) is 1. The van der Waals surface area contributed by atoms with E-state index in [0.29, 0.717) is 0 Å². The molecule has 22 heavy (non-hydrogen) atoms. The molecule has 0 aromatic heterocycles. The van der Waals surface area contributed by atoms with E-state index in [-0.39, 0.29) is 6.54 Å². The number of carboxylic acid groups (broad SMARTS) is 4. The number of aliphatic hydroxyl groups is 1. The normalized spacial score (nSPS) is 15.0. The van der Waals surface area contributed by atoms with E-state index >= 15 is 0 Å². The van der Waals surface area contributed by atoms with Gasteiger partial charge in [0.2, 0.25) is 0 Å². The van der Waals surface area contributed by atoms with Crippen LogP contribution >= 0.6 is 0 Å². The van der Waals surface area contributed by atoms with E-state index in [1.54, 1.807) is 0 Å². The highest BCUT2D eigenvalue weighted by atomic mass is 16.4. The van der Waals surface area contributed by atoms with Crippen molar-refractivity contribution in [3.63, 3.8) is 0 Å². The summed E-state index contributed by atoms with van der Waals surface area (Å²) in [5, 5.41) is 45.4. The monoisotopic (exact) mass is 321 g/mol. The van der Waals surface area contributed by atoms with E-state index in [1.807, 2.05) is 0 Å². The maximum atomic E-state index is 11.6. The number of hydrogen-bond acceptors (Lipinski definition) is 6. The van der Waals surface area contributed by atoms with Gasteiger partial charge in [-0.3, -0.25) is 24.1 Å². The minimum atomic E-state index is -2.21. The summed E-state index contributed by atoms with van der Waals surface area (Å²) in [6.45, 7) is 0.466. The molecular formula is C12H19NO9. The Morgan fingerprint density at radius 1 is 1.05 bits per heavy atom. The van der Waals surface area contributed by atoms with Crippen LogP contribution in [-0.4, -0.2) is 79.0 Å². The van der Waals surface area contributed by atoms with Crippen molar-refractivity contribution < 1.29 is 44.7 Å². The number of aliphatic hydroxyl groups excluding tert-OH is 1. The highest BCUT2D eigenvalue weighted by molar-refractivity contribution is 5.87. The molecule has 0 aliphatic carbocycles. The van der Waals surface area contributed by atoms with Gasteiger partial charge in [0, 0.05) is 13.0 Å². The van der Waals surface area contributed by atoms with Crippen molar-refractivity contribution in [2.45, 2.75) is 37.8 Å². The molecule has 0 radical (unpaired) electrons. The molecule has 0 aromatic rings. The summed E-state index contributed by atoms with van der Waals surface area (Å²) in [4.78, 5) is 45.5. The van der Waals surface area contributed by atoms with E-state index < -0.39 is 61.3 Å². The molecule has 0 heterocycles. The predicted molar refractivity (Wildman–Crippen MR) is 70.4 cm³/mol. The van der Waals surface area contributed by atoms with Gasteiger partial charge in [0.15, 0.2) is 0 Å². The van der Waals surface area contributed by atoms with Gasteiger partial charge < -0.3 is 25.5 Å². The van der Waals surface area contributed by atoms with Crippen LogP contribution in [0.2, 0.25) is 0 Å². The highest BCUT2D eigenvalue weighted by Gasteiger charge is 2.49. The van der Waals surface area contributed by atoms with Crippen LogP contribution in [0.3, 0.4) is 0 Å². The third-order valence-electron chi connectivity index (χ3n) is 3.29. The Bertz CT molecular complexity index is 450. The zero-order chi connectivity index (χ0) is 17.5. The molecule has 0 saturated carbocycles. The van der Waals surface area contributed by atoms with Crippen LogP contribution in [0, 0.1) is 0 Å². The van der Waals surface area contributed by atoms with Gasteiger partial charge in [-0.1, -0.05) is 6.92 Å².